The minimum atomic E-state index is -0.212. The molecule has 0 spiro atoms. The van der Waals surface area contributed by atoms with Crippen LogP contribution in [0.25, 0.3) is 0 Å². The summed E-state index contributed by atoms with van der Waals surface area (Å²) in [6.07, 6.45) is 1.70. The molecule has 1 rings (SSSR count). The molecule has 0 N–H and O–H groups in total. The fourth-order valence-corrected chi connectivity index (χ4v) is 1.87. The van der Waals surface area contributed by atoms with Gasteiger partial charge in [-0.1, -0.05) is 13.8 Å². The molecule has 0 saturated carbocycles. The maximum atomic E-state index is 10.7. The van der Waals surface area contributed by atoms with Crippen molar-refractivity contribution in [3.8, 4) is 0 Å². The third-order valence-electron chi connectivity index (χ3n) is 2.92. The van der Waals surface area contributed by atoms with E-state index >= 15 is 0 Å². The molecule has 0 bridgehead atoms. The van der Waals surface area contributed by atoms with Gasteiger partial charge in [0.15, 0.2) is 6.29 Å². The predicted molar refractivity (Wildman–Crippen MR) is 59.9 cm³/mol. The summed E-state index contributed by atoms with van der Waals surface area (Å²) in [5, 5.41) is 0. The first kappa shape index (κ1) is 13.5. The van der Waals surface area contributed by atoms with E-state index in [1.165, 1.54) is 6.92 Å². The van der Waals surface area contributed by atoms with Gasteiger partial charge in [0, 0.05) is 13.3 Å². The first-order valence-electron chi connectivity index (χ1n) is 5.96. The van der Waals surface area contributed by atoms with E-state index in [0.717, 1.165) is 12.8 Å². The third-order valence-corrected chi connectivity index (χ3v) is 2.92. The Morgan fingerprint density at radius 1 is 1.38 bits per heavy atom. The SMILES string of the molecule is CC(=O)OCC[C@@H](CC1OCCO1)C(C)C. The minimum Gasteiger partial charge on any atom is -0.466 e. The van der Waals surface area contributed by atoms with E-state index in [0.29, 0.717) is 31.7 Å². The van der Waals surface area contributed by atoms with Crippen molar-refractivity contribution < 1.29 is 19.0 Å². The van der Waals surface area contributed by atoms with Crippen molar-refractivity contribution in [2.24, 2.45) is 11.8 Å². The lowest BCUT2D eigenvalue weighted by Gasteiger charge is -2.23. The Kier molecular flexibility index (Phi) is 5.77. The van der Waals surface area contributed by atoms with E-state index in [2.05, 4.69) is 13.8 Å². The van der Waals surface area contributed by atoms with Gasteiger partial charge in [0.05, 0.1) is 19.8 Å². The van der Waals surface area contributed by atoms with Crippen LogP contribution in [0.4, 0.5) is 0 Å². The van der Waals surface area contributed by atoms with Crippen LogP contribution in [0.5, 0.6) is 0 Å². The second kappa shape index (κ2) is 6.86. The molecule has 0 aromatic rings. The third kappa shape index (κ3) is 4.94. The van der Waals surface area contributed by atoms with Crippen LogP contribution >= 0.6 is 0 Å². The molecule has 1 saturated heterocycles. The van der Waals surface area contributed by atoms with Gasteiger partial charge >= 0.3 is 5.97 Å². The Bertz CT molecular complexity index is 209. The molecule has 94 valence electrons. The summed E-state index contributed by atoms with van der Waals surface area (Å²) in [6, 6.07) is 0. The van der Waals surface area contributed by atoms with Crippen molar-refractivity contribution in [2.45, 2.75) is 39.9 Å². The highest BCUT2D eigenvalue weighted by Crippen LogP contribution is 2.24. The molecule has 0 aromatic heterocycles. The Morgan fingerprint density at radius 3 is 2.50 bits per heavy atom. The topological polar surface area (TPSA) is 44.8 Å². The summed E-state index contributed by atoms with van der Waals surface area (Å²) >= 11 is 0. The molecular weight excluding hydrogens is 208 g/mol. The number of carbonyl (C=O) groups excluding carboxylic acids is 1. The van der Waals surface area contributed by atoms with Gasteiger partial charge in [-0.15, -0.1) is 0 Å². The van der Waals surface area contributed by atoms with Crippen molar-refractivity contribution >= 4 is 5.97 Å². The molecule has 0 radical (unpaired) electrons. The average Bonchev–Trinajstić information content (AvgIpc) is 2.68. The molecule has 1 heterocycles. The van der Waals surface area contributed by atoms with Crippen LogP contribution in [-0.4, -0.2) is 32.1 Å². The number of rotatable bonds is 6. The van der Waals surface area contributed by atoms with Gasteiger partial charge in [-0.05, 0) is 18.3 Å². The van der Waals surface area contributed by atoms with Gasteiger partial charge in [-0.3, -0.25) is 4.79 Å². The van der Waals surface area contributed by atoms with Gasteiger partial charge in [0.1, 0.15) is 0 Å². The molecule has 1 atom stereocenters. The fraction of sp³-hybridized carbons (Fsp3) is 0.917. The Labute approximate surface area is 97.2 Å². The molecule has 0 amide bonds. The lowest BCUT2D eigenvalue weighted by atomic mass is 9.89. The first-order valence-corrected chi connectivity index (χ1v) is 5.96. The van der Waals surface area contributed by atoms with Gasteiger partial charge in [0.2, 0.25) is 0 Å². The molecule has 4 heteroatoms. The van der Waals surface area contributed by atoms with Crippen LogP contribution in [0, 0.1) is 11.8 Å². The van der Waals surface area contributed by atoms with Gasteiger partial charge in [-0.25, -0.2) is 0 Å². The standard InChI is InChI=1S/C12H22O4/c1-9(2)11(4-5-14-10(3)13)8-12-15-6-7-16-12/h9,11-12H,4-8H2,1-3H3/t11-/m0/s1. The van der Waals surface area contributed by atoms with Crippen LogP contribution in [-0.2, 0) is 19.0 Å². The zero-order chi connectivity index (χ0) is 12.0. The Hall–Kier alpha value is -0.610. The summed E-state index contributed by atoms with van der Waals surface area (Å²) in [5.74, 6) is 0.807. The van der Waals surface area contributed by atoms with Crippen LogP contribution in [0.1, 0.15) is 33.6 Å². The second-order valence-corrected chi connectivity index (χ2v) is 4.54. The van der Waals surface area contributed by atoms with E-state index in [-0.39, 0.29) is 12.3 Å². The van der Waals surface area contributed by atoms with E-state index in [1.807, 2.05) is 0 Å². The van der Waals surface area contributed by atoms with Gasteiger partial charge in [0.25, 0.3) is 0 Å². The molecule has 0 aliphatic carbocycles. The number of ether oxygens (including phenoxy) is 3. The zero-order valence-corrected chi connectivity index (χ0v) is 10.4. The highest BCUT2D eigenvalue weighted by molar-refractivity contribution is 5.65. The number of hydrogen-bond donors (Lipinski definition) is 0. The molecule has 0 unspecified atom stereocenters. The molecule has 4 nitrogen and oxygen atoms in total. The number of carbonyl (C=O) groups is 1. The predicted octanol–water partition coefficient (Wildman–Crippen LogP) is 1.97. The largest absolute Gasteiger partial charge is 0.466 e. The lowest BCUT2D eigenvalue weighted by molar-refractivity contribution is -0.141. The van der Waals surface area contributed by atoms with Crippen LogP contribution in [0.15, 0.2) is 0 Å². The second-order valence-electron chi connectivity index (χ2n) is 4.54. The summed E-state index contributed by atoms with van der Waals surface area (Å²) in [4.78, 5) is 10.7. The van der Waals surface area contributed by atoms with Crippen LogP contribution in [0.3, 0.4) is 0 Å². The van der Waals surface area contributed by atoms with Crippen molar-refractivity contribution in [1.82, 2.24) is 0 Å². The van der Waals surface area contributed by atoms with Gasteiger partial charge < -0.3 is 14.2 Å². The highest BCUT2D eigenvalue weighted by Gasteiger charge is 2.23. The summed E-state index contributed by atoms with van der Waals surface area (Å²) in [7, 11) is 0. The fourth-order valence-electron chi connectivity index (χ4n) is 1.87. The van der Waals surface area contributed by atoms with E-state index in [9.17, 15) is 4.79 Å². The van der Waals surface area contributed by atoms with Crippen molar-refractivity contribution in [1.29, 1.82) is 0 Å². The van der Waals surface area contributed by atoms with Crippen LogP contribution in [0.2, 0.25) is 0 Å². The number of hydrogen-bond acceptors (Lipinski definition) is 4. The number of esters is 1. The maximum absolute atomic E-state index is 10.7. The Morgan fingerprint density at radius 2 is 2.00 bits per heavy atom. The summed E-state index contributed by atoms with van der Waals surface area (Å²) in [5.41, 5.74) is 0. The smallest absolute Gasteiger partial charge is 0.302 e. The minimum absolute atomic E-state index is 0.0651. The monoisotopic (exact) mass is 230 g/mol. The van der Waals surface area contributed by atoms with Crippen LogP contribution < -0.4 is 0 Å². The Balaban J connectivity index is 2.26. The maximum Gasteiger partial charge on any atom is 0.302 e. The van der Waals surface area contributed by atoms with Crippen molar-refractivity contribution in [3.63, 3.8) is 0 Å². The molecule has 1 aliphatic heterocycles. The molecule has 1 fully saturated rings. The highest BCUT2D eigenvalue weighted by atomic mass is 16.7. The molecule has 0 aromatic carbocycles. The first-order chi connectivity index (χ1) is 7.59. The molecule has 1 aliphatic rings. The van der Waals surface area contributed by atoms with Crippen molar-refractivity contribution in [2.75, 3.05) is 19.8 Å². The molecular formula is C12H22O4. The van der Waals surface area contributed by atoms with Gasteiger partial charge in [-0.2, -0.15) is 0 Å². The quantitative estimate of drug-likeness (QED) is 0.654. The summed E-state index contributed by atoms with van der Waals surface area (Å²) in [6.45, 7) is 7.66. The van der Waals surface area contributed by atoms with E-state index in [4.69, 9.17) is 14.2 Å². The van der Waals surface area contributed by atoms with E-state index < -0.39 is 0 Å². The van der Waals surface area contributed by atoms with E-state index in [1.54, 1.807) is 0 Å². The average molecular weight is 230 g/mol. The normalized spacial score (nSPS) is 19.0. The van der Waals surface area contributed by atoms with Crippen molar-refractivity contribution in [3.05, 3.63) is 0 Å². The summed E-state index contributed by atoms with van der Waals surface area (Å²) < 4.78 is 15.8. The molecule has 16 heavy (non-hydrogen) atoms. The zero-order valence-electron chi connectivity index (χ0n) is 10.4. The lowest BCUT2D eigenvalue weighted by Crippen LogP contribution is -2.20.